The van der Waals surface area contributed by atoms with E-state index in [-0.39, 0.29) is 17.7 Å². The van der Waals surface area contributed by atoms with Crippen LogP contribution in [-0.2, 0) is 9.59 Å². The van der Waals surface area contributed by atoms with Gasteiger partial charge >= 0.3 is 0 Å². The smallest absolute Gasteiger partial charge is 0.225 e. The first kappa shape index (κ1) is 13.3. The molecule has 0 aromatic carbocycles. The second-order valence-electron chi connectivity index (χ2n) is 5.33. The Morgan fingerprint density at radius 3 is 2.72 bits per heavy atom. The van der Waals surface area contributed by atoms with Crippen LogP contribution in [-0.4, -0.2) is 48.9 Å². The zero-order valence-corrected chi connectivity index (χ0v) is 11.1. The molecule has 5 nitrogen and oxygen atoms in total. The van der Waals surface area contributed by atoms with Crippen molar-refractivity contribution in [1.29, 1.82) is 0 Å². The van der Waals surface area contributed by atoms with Crippen LogP contribution in [0.3, 0.4) is 0 Å². The molecule has 0 spiro atoms. The van der Waals surface area contributed by atoms with Crippen molar-refractivity contribution in [3.8, 4) is 0 Å². The minimum absolute atomic E-state index is 0.00656. The first-order chi connectivity index (χ1) is 8.69. The zero-order valence-electron chi connectivity index (χ0n) is 11.1. The number of nitrogens with zero attached hydrogens (tertiary/aromatic N) is 1. The van der Waals surface area contributed by atoms with Gasteiger partial charge in [-0.15, -0.1) is 0 Å². The van der Waals surface area contributed by atoms with Crippen molar-refractivity contribution in [2.45, 2.75) is 38.6 Å². The van der Waals surface area contributed by atoms with Crippen molar-refractivity contribution in [3.05, 3.63) is 0 Å². The van der Waals surface area contributed by atoms with Crippen molar-refractivity contribution in [1.82, 2.24) is 15.5 Å². The van der Waals surface area contributed by atoms with Crippen molar-refractivity contribution >= 4 is 11.8 Å². The van der Waals surface area contributed by atoms with E-state index in [9.17, 15) is 9.59 Å². The number of piperidine rings is 1. The van der Waals surface area contributed by atoms with Gasteiger partial charge in [0.05, 0.1) is 5.92 Å². The number of nitrogens with one attached hydrogen (secondary N) is 2. The summed E-state index contributed by atoms with van der Waals surface area (Å²) in [6, 6.07) is 0.293. The van der Waals surface area contributed by atoms with E-state index in [1.807, 2.05) is 0 Å². The lowest BCUT2D eigenvalue weighted by atomic mass is 10.0. The molecule has 1 unspecified atom stereocenters. The molecule has 0 bridgehead atoms. The number of carbonyl (C=O) groups excluding carboxylic acids is 2. The molecule has 0 aromatic rings. The van der Waals surface area contributed by atoms with Crippen LogP contribution in [0.4, 0.5) is 0 Å². The quantitative estimate of drug-likeness (QED) is 0.748. The topological polar surface area (TPSA) is 61.4 Å². The fraction of sp³-hybridized carbons (Fsp3) is 0.846. The van der Waals surface area contributed by atoms with Gasteiger partial charge in [0.2, 0.25) is 11.8 Å². The van der Waals surface area contributed by atoms with Gasteiger partial charge in [0.25, 0.3) is 0 Å². The molecule has 2 N–H and O–H groups in total. The van der Waals surface area contributed by atoms with Crippen LogP contribution in [0.25, 0.3) is 0 Å². The Bertz CT molecular complexity index is 311. The number of amides is 2. The molecule has 2 saturated heterocycles. The molecule has 0 radical (unpaired) electrons. The molecule has 2 rings (SSSR count). The highest BCUT2D eigenvalue weighted by atomic mass is 16.2. The van der Waals surface area contributed by atoms with Gasteiger partial charge < -0.3 is 15.5 Å². The monoisotopic (exact) mass is 253 g/mol. The van der Waals surface area contributed by atoms with Crippen LogP contribution in [0.2, 0.25) is 0 Å². The minimum Gasteiger partial charge on any atom is -0.355 e. The van der Waals surface area contributed by atoms with E-state index in [0.29, 0.717) is 19.0 Å². The number of carbonyl (C=O) groups is 2. The molecule has 2 fully saturated rings. The Balaban J connectivity index is 1.71. The van der Waals surface area contributed by atoms with Crippen molar-refractivity contribution < 1.29 is 9.59 Å². The van der Waals surface area contributed by atoms with Crippen molar-refractivity contribution in [2.24, 2.45) is 5.92 Å². The van der Waals surface area contributed by atoms with E-state index in [0.717, 1.165) is 32.5 Å². The third-order valence-electron chi connectivity index (χ3n) is 3.82. The van der Waals surface area contributed by atoms with Crippen LogP contribution in [0.5, 0.6) is 0 Å². The third-order valence-corrected chi connectivity index (χ3v) is 3.82. The predicted octanol–water partition coefficient (Wildman–Crippen LogP) is 0.113. The normalized spacial score (nSPS) is 26.1. The van der Waals surface area contributed by atoms with Gasteiger partial charge in [-0.2, -0.15) is 0 Å². The van der Waals surface area contributed by atoms with E-state index in [2.05, 4.69) is 22.5 Å². The van der Waals surface area contributed by atoms with Crippen LogP contribution >= 0.6 is 0 Å². The average molecular weight is 253 g/mol. The second-order valence-corrected chi connectivity index (χ2v) is 5.33. The molecule has 1 atom stereocenters. The largest absolute Gasteiger partial charge is 0.355 e. The van der Waals surface area contributed by atoms with Crippen LogP contribution in [0.1, 0.15) is 32.6 Å². The molecule has 2 amide bonds. The summed E-state index contributed by atoms with van der Waals surface area (Å²) in [6.07, 6.45) is 3.59. The van der Waals surface area contributed by atoms with Gasteiger partial charge in [0, 0.05) is 32.1 Å². The Hall–Kier alpha value is -1.10. The third kappa shape index (κ3) is 3.45. The highest BCUT2D eigenvalue weighted by Gasteiger charge is 2.29. The van der Waals surface area contributed by atoms with E-state index in [1.54, 1.807) is 0 Å². The fourth-order valence-electron chi connectivity index (χ4n) is 2.73. The fourth-order valence-corrected chi connectivity index (χ4v) is 2.73. The molecule has 0 aromatic heterocycles. The van der Waals surface area contributed by atoms with E-state index < -0.39 is 0 Å². The van der Waals surface area contributed by atoms with E-state index in [4.69, 9.17) is 0 Å². The first-order valence-corrected chi connectivity index (χ1v) is 6.98. The van der Waals surface area contributed by atoms with Crippen molar-refractivity contribution in [2.75, 3.05) is 26.2 Å². The molecule has 18 heavy (non-hydrogen) atoms. The number of likely N-dealkylation sites (tertiary alicyclic amines) is 1. The Morgan fingerprint density at radius 1 is 1.44 bits per heavy atom. The first-order valence-electron chi connectivity index (χ1n) is 6.98. The van der Waals surface area contributed by atoms with Gasteiger partial charge in [-0.05, 0) is 25.8 Å². The molecular weight excluding hydrogens is 230 g/mol. The molecule has 0 aliphatic carbocycles. The van der Waals surface area contributed by atoms with Gasteiger partial charge in [-0.25, -0.2) is 0 Å². The Labute approximate surface area is 108 Å². The SMILES string of the molecule is CCCN1CCC(NC(=O)C2CNC(=O)C2)CC1. The summed E-state index contributed by atoms with van der Waals surface area (Å²) in [5.74, 6) is -0.124. The van der Waals surface area contributed by atoms with Gasteiger partial charge in [0.1, 0.15) is 0 Å². The summed E-state index contributed by atoms with van der Waals surface area (Å²) in [5, 5.41) is 5.79. The lowest BCUT2D eigenvalue weighted by molar-refractivity contribution is -0.127. The van der Waals surface area contributed by atoms with E-state index in [1.165, 1.54) is 6.42 Å². The Morgan fingerprint density at radius 2 is 2.17 bits per heavy atom. The molecule has 0 saturated carbocycles. The maximum atomic E-state index is 11.9. The van der Waals surface area contributed by atoms with Gasteiger partial charge in [-0.3, -0.25) is 9.59 Å². The predicted molar refractivity (Wildman–Crippen MR) is 69.0 cm³/mol. The van der Waals surface area contributed by atoms with Crippen molar-refractivity contribution in [3.63, 3.8) is 0 Å². The molecule has 102 valence electrons. The van der Waals surface area contributed by atoms with Crippen LogP contribution < -0.4 is 10.6 Å². The number of rotatable bonds is 4. The summed E-state index contributed by atoms with van der Waals surface area (Å²) in [6.45, 7) is 5.99. The lowest BCUT2D eigenvalue weighted by Crippen LogP contribution is -2.46. The maximum Gasteiger partial charge on any atom is 0.225 e. The zero-order chi connectivity index (χ0) is 13.0. The van der Waals surface area contributed by atoms with Gasteiger partial charge in [-0.1, -0.05) is 6.92 Å². The number of hydrogen-bond donors (Lipinski definition) is 2. The molecular formula is C13H23N3O2. The van der Waals surface area contributed by atoms with Crippen LogP contribution in [0, 0.1) is 5.92 Å². The second kappa shape index (κ2) is 6.18. The molecule has 2 heterocycles. The molecule has 2 aliphatic heterocycles. The highest BCUT2D eigenvalue weighted by molar-refractivity contribution is 5.89. The summed E-state index contributed by atoms with van der Waals surface area (Å²) < 4.78 is 0. The minimum atomic E-state index is -0.161. The average Bonchev–Trinajstić information content (AvgIpc) is 2.79. The summed E-state index contributed by atoms with van der Waals surface area (Å²) in [5.41, 5.74) is 0. The highest BCUT2D eigenvalue weighted by Crippen LogP contribution is 2.13. The summed E-state index contributed by atoms with van der Waals surface area (Å²) >= 11 is 0. The molecule has 2 aliphatic rings. The van der Waals surface area contributed by atoms with E-state index >= 15 is 0 Å². The summed E-state index contributed by atoms with van der Waals surface area (Å²) in [4.78, 5) is 25.5. The van der Waals surface area contributed by atoms with Gasteiger partial charge in [0.15, 0.2) is 0 Å². The lowest BCUT2D eigenvalue weighted by Gasteiger charge is -2.32. The molecule has 5 heteroatoms. The standard InChI is InChI=1S/C13H23N3O2/c1-2-5-16-6-3-11(4-7-16)15-13(18)10-8-12(17)14-9-10/h10-11H,2-9H2,1H3,(H,14,17)(H,15,18). The number of hydrogen-bond acceptors (Lipinski definition) is 3. The summed E-state index contributed by atoms with van der Waals surface area (Å²) in [7, 11) is 0. The Kier molecular flexibility index (Phi) is 4.58. The van der Waals surface area contributed by atoms with Crippen LogP contribution in [0.15, 0.2) is 0 Å². The maximum absolute atomic E-state index is 11.9.